The van der Waals surface area contributed by atoms with Gasteiger partial charge in [0.25, 0.3) is 0 Å². The van der Waals surface area contributed by atoms with E-state index in [9.17, 15) is 4.79 Å². The van der Waals surface area contributed by atoms with Gasteiger partial charge in [-0.1, -0.05) is 11.6 Å². The molecule has 1 unspecified atom stereocenters. The third-order valence-corrected chi connectivity index (χ3v) is 2.38. The fraction of sp³-hybridized carbons (Fsp3) is 0.429. The van der Waals surface area contributed by atoms with E-state index in [1.165, 1.54) is 6.20 Å². The van der Waals surface area contributed by atoms with Crippen LogP contribution < -0.4 is 5.32 Å². The first-order chi connectivity index (χ1) is 6.18. The molecule has 0 spiro atoms. The zero-order chi connectivity index (χ0) is 9.42. The highest BCUT2D eigenvalue weighted by molar-refractivity contribution is 6.31. The Kier molecular flexibility index (Phi) is 1.97. The van der Waals surface area contributed by atoms with Crippen molar-refractivity contribution in [2.24, 2.45) is 0 Å². The van der Waals surface area contributed by atoms with Crippen LogP contribution in [0, 0.1) is 0 Å². The lowest BCUT2D eigenvalue weighted by atomic mass is 10.2. The molecule has 1 aromatic rings. The van der Waals surface area contributed by atoms with E-state index in [-0.39, 0.29) is 0 Å². The predicted octanol–water partition coefficient (Wildman–Crippen LogP) is 0.0929. The molecule has 0 saturated carbocycles. The maximum atomic E-state index is 10.6. The summed E-state index contributed by atoms with van der Waals surface area (Å²) in [6, 6.07) is -0.566. The molecule has 0 fully saturated rings. The van der Waals surface area contributed by atoms with Gasteiger partial charge in [-0.05, 0) is 0 Å². The third-order valence-electron chi connectivity index (χ3n) is 2.07. The van der Waals surface area contributed by atoms with Gasteiger partial charge >= 0.3 is 5.97 Å². The number of aromatic nitrogens is 2. The van der Waals surface area contributed by atoms with E-state index in [1.54, 1.807) is 4.68 Å². The molecule has 2 heterocycles. The Hall–Kier alpha value is -1.07. The van der Waals surface area contributed by atoms with Crippen LogP contribution >= 0.6 is 11.6 Å². The van der Waals surface area contributed by atoms with Crippen LogP contribution in [0.2, 0.25) is 5.02 Å². The van der Waals surface area contributed by atoms with Crippen LogP contribution in [0.1, 0.15) is 5.69 Å². The van der Waals surface area contributed by atoms with E-state index in [0.29, 0.717) is 18.1 Å². The van der Waals surface area contributed by atoms with Gasteiger partial charge in [-0.2, -0.15) is 5.10 Å². The highest BCUT2D eigenvalue weighted by Gasteiger charge is 2.25. The van der Waals surface area contributed by atoms with Crippen LogP contribution in [-0.2, 0) is 17.9 Å². The Morgan fingerprint density at radius 1 is 1.85 bits per heavy atom. The Morgan fingerprint density at radius 3 is 3.31 bits per heavy atom. The number of hydrogen-bond donors (Lipinski definition) is 2. The molecule has 0 aromatic carbocycles. The number of aliphatic carboxylic acids is 1. The monoisotopic (exact) mass is 201 g/mol. The molecule has 70 valence electrons. The molecule has 1 aliphatic heterocycles. The van der Waals surface area contributed by atoms with Crippen LogP contribution in [-0.4, -0.2) is 26.9 Å². The van der Waals surface area contributed by atoms with Gasteiger partial charge in [0.2, 0.25) is 0 Å². The summed E-state index contributed by atoms with van der Waals surface area (Å²) >= 11 is 5.81. The summed E-state index contributed by atoms with van der Waals surface area (Å²) < 4.78 is 1.62. The van der Waals surface area contributed by atoms with E-state index >= 15 is 0 Å². The Balaban J connectivity index is 2.25. The molecular formula is C7H8ClN3O2. The zero-order valence-corrected chi connectivity index (χ0v) is 7.45. The maximum absolute atomic E-state index is 10.6. The molecule has 1 aromatic heterocycles. The maximum Gasteiger partial charge on any atom is 0.322 e. The van der Waals surface area contributed by atoms with Crippen molar-refractivity contribution < 1.29 is 9.90 Å². The minimum atomic E-state index is -0.864. The highest BCUT2D eigenvalue weighted by atomic mass is 35.5. The zero-order valence-electron chi connectivity index (χ0n) is 6.70. The van der Waals surface area contributed by atoms with E-state index < -0.39 is 12.0 Å². The number of nitrogens with zero attached hydrogens (tertiary/aromatic N) is 2. The summed E-state index contributed by atoms with van der Waals surface area (Å²) in [6.07, 6.45) is 1.53. The van der Waals surface area contributed by atoms with Crippen LogP contribution in [0.3, 0.4) is 0 Å². The normalized spacial score (nSPS) is 21.2. The molecule has 2 rings (SSSR count). The summed E-state index contributed by atoms with van der Waals surface area (Å²) in [4.78, 5) is 10.6. The predicted molar refractivity (Wildman–Crippen MR) is 45.5 cm³/mol. The van der Waals surface area contributed by atoms with E-state index in [0.717, 1.165) is 5.69 Å². The van der Waals surface area contributed by atoms with Crippen molar-refractivity contribution in [2.45, 2.75) is 19.1 Å². The molecule has 0 amide bonds. The van der Waals surface area contributed by atoms with Gasteiger partial charge in [0.1, 0.15) is 6.04 Å². The van der Waals surface area contributed by atoms with Gasteiger partial charge in [0.15, 0.2) is 0 Å². The average Bonchev–Trinajstić information content (AvgIpc) is 2.47. The first-order valence-corrected chi connectivity index (χ1v) is 4.22. The lowest BCUT2D eigenvalue weighted by Gasteiger charge is -2.21. The summed E-state index contributed by atoms with van der Waals surface area (Å²) in [7, 11) is 0. The Bertz CT molecular complexity index is 350. The van der Waals surface area contributed by atoms with Gasteiger partial charge in [-0.15, -0.1) is 0 Å². The standard InChI is InChI=1S/C7H8ClN3O2/c8-4-1-10-11-3-5(7(12)13)9-2-6(4)11/h1,5,9H,2-3H2,(H,12,13). The Morgan fingerprint density at radius 2 is 2.62 bits per heavy atom. The van der Waals surface area contributed by atoms with Crippen molar-refractivity contribution in [1.29, 1.82) is 0 Å². The van der Waals surface area contributed by atoms with Gasteiger partial charge in [-0.3, -0.25) is 14.8 Å². The molecule has 5 nitrogen and oxygen atoms in total. The number of carboxylic acids is 1. The molecule has 1 atom stereocenters. The molecular weight excluding hydrogens is 194 g/mol. The second kappa shape index (κ2) is 3.01. The smallest absolute Gasteiger partial charge is 0.322 e. The highest BCUT2D eigenvalue weighted by Crippen LogP contribution is 2.18. The number of carboxylic acid groups (broad SMARTS) is 1. The van der Waals surface area contributed by atoms with E-state index in [1.807, 2.05) is 0 Å². The quantitative estimate of drug-likeness (QED) is 0.676. The van der Waals surface area contributed by atoms with Crippen LogP contribution in [0.4, 0.5) is 0 Å². The molecule has 13 heavy (non-hydrogen) atoms. The van der Waals surface area contributed by atoms with Crippen molar-refractivity contribution in [3.63, 3.8) is 0 Å². The van der Waals surface area contributed by atoms with Crippen molar-refractivity contribution in [1.82, 2.24) is 15.1 Å². The number of nitrogens with one attached hydrogen (secondary N) is 1. The van der Waals surface area contributed by atoms with Gasteiger partial charge in [0, 0.05) is 6.54 Å². The first kappa shape index (κ1) is 8.52. The van der Waals surface area contributed by atoms with Crippen molar-refractivity contribution >= 4 is 17.6 Å². The average molecular weight is 202 g/mol. The topological polar surface area (TPSA) is 67.1 Å². The minimum absolute atomic E-state index is 0.331. The largest absolute Gasteiger partial charge is 0.480 e. The lowest BCUT2D eigenvalue weighted by Crippen LogP contribution is -2.44. The molecule has 0 saturated heterocycles. The number of fused-ring (bicyclic) bond motifs is 1. The summed E-state index contributed by atoms with van der Waals surface area (Å²) in [5, 5.41) is 16.1. The summed E-state index contributed by atoms with van der Waals surface area (Å²) in [5.41, 5.74) is 0.846. The molecule has 0 bridgehead atoms. The SMILES string of the molecule is O=C(O)C1Cn2ncc(Cl)c2CN1. The summed E-state index contributed by atoms with van der Waals surface area (Å²) in [6.45, 7) is 0.785. The molecule has 2 N–H and O–H groups in total. The fourth-order valence-corrected chi connectivity index (χ4v) is 1.55. The van der Waals surface area contributed by atoms with Crippen LogP contribution in [0.15, 0.2) is 6.20 Å². The van der Waals surface area contributed by atoms with Gasteiger partial charge < -0.3 is 5.11 Å². The second-order valence-corrected chi connectivity index (χ2v) is 3.30. The van der Waals surface area contributed by atoms with E-state index in [2.05, 4.69) is 10.4 Å². The van der Waals surface area contributed by atoms with Gasteiger partial charge in [0.05, 0.1) is 23.5 Å². The number of carbonyl (C=O) groups is 1. The van der Waals surface area contributed by atoms with Crippen LogP contribution in [0.25, 0.3) is 0 Å². The first-order valence-electron chi connectivity index (χ1n) is 3.85. The molecule has 1 aliphatic rings. The third kappa shape index (κ3) is 1.40. The molecule has 0 aliphatic carbocycles. The minimum Gasteiger partial charge on any atom is -0.480 e. The van der Waals surface area contributed by atoms with Crippen molar-refractivity contribution in [3.05, 3.63) is 16.9 Å². The number of hydrogen-bond acceptors (Lipinski definition) is 3. The fourth-order valence-electron chi connectivity index (χ4n) is 1.34. The second-order valence-electron chi connectivity index (χ2n) is 2.89. The lowest BCUT2D eigenvalue weighted by molar-refractivity contribution is -0.140. The van der Waals surface area contributed by atoms with E-state index in [4.69, 9.17) is 16.7 Å². The number of halogens is 1. The Labute approximate surface area is 79.3 Å². The number of rotatable bonds is 1. The molecule has 0 radical (unpaired) electrons. The summed E-state index contributed by atoms with van der Waals surface area (Å²) in [5.74, 6) is -0.864. The van der Waals surface area contributed by atoms with Crippen molar-refractivity contribution in [3.8, 4) is 0 Å². The van der Waals surface area contributed by atoms with Crippen molar-refractivity contribution in [2.75, 3.05) is 0 Å². The van der Waals surface area contributed by atoms with Gasteiger partial charge in [-0.25, -0.2) is 0 Å². The molecule has 6 heteroatoms. The van der Waals surface area contributed by atoms with Crippen LogP contribution in [0.5, 0.6) is 0 Å².